The summed E-state index contributed by atoms with van der Waals surface area (Å²) in [4.78, 5) is 43.8. The third-order valence-corrected chi connectivity index (χ3v) is 4.88. The van der Waals surface area contributed by atoms with E-state index in [1.54, 1.807) is 0 Å². The van der Waals surface area contributed by atoms with E-state index in [1.807, 2.05) is 0 Å². The summed E-state index contributed by atoms with van der Waals surface area (Å²) >= 11 is 11.0. The van der Waals surface area contributed by atoms with Crippen molar-refractivity contribution < 1.29 is 157 Å². The first-order valence-corrected chi connectivity index (χ1v) is 12.3. The number of thiocarbonyl (C=S) groups is 1. The van der Waals surface area contributed by atoms with Crippen molar-refractivity contribution in [1.82, 2.24) is 5.43 Å². The molecule has 20 heteroatoms. The van der Waals surface area contributed by atoms with Gasteiger partial charge in [-0.3, -0.25) is 5.43 Å². The molecule has 0 saturated heterocycles. The van der Waals surface area contributed by atoms with Crippen molar-refractivity contribution in [1.29, 1.82) is 0 Å². The van der Waals surface area contributed by atoms with Gasteiger partial charge in [-0.05, 0) is 48.6 Å². The van der Waals surface area contributed by atoms with Crippen molar-refractivity contribution >= 4 is 70.5 Å². The van der Waals surface area contributed by atoms with Crippen molar-refractivity contribution in [3.05, 3.63) is 56.5 Å². The van der Waals surface area contributed by atoms with Gasteiger partial charge in [0.2, 0.25) is 0 Å². The van der Waals surface area contributed by atoms with Gasteiger partial charge in [0.1, 0.15) is 27.1 Å². The fourth-order valence-corrected chi connectivity index (χ4v) is 3.89. The van der Waals surface area contributed by atoms with Gasteiger partial charge in [-0.2, -0.15) is 5.10 Å². The molecule has 0 aromatic heterocycles. The van der Waals surface area contributed by atoms with Crippen LogP contribution >= 0.6 is 59.7 Å². The molecular weight excluding hydrogens is 684 g/mol. The molecule has 0 aliphatic rings. The van der Waals surface area contributed by atoms with Crippen LogP contribution < -0.4 is 158 Å². The third kappa shape index (κ3) is 15.9. The van der Waals surface area contributed by atoms with E-state index >= 15 is 0 Å². The number of rotatable bonds is 7. The molecule has 2 rings (SSSR count). The van der Waals surface area contributed by atoms with Gasteiger partial charge in [-0.25, -0.2) is 0 Å². The Labute approximate surface area is 307 Å². The van der Waals surface area contributed by atoms with E-state index < -0.39 is 15.6 Å². The Balaban J connectivity index is -0.000000961. The summed E-state index contributed by atoms with van der Waals surface area (Å²) in [5, 5.41) is 3.81. The number of benzene rings is 2. The molecule has 0 atom stereocenters. The molecule has 2 aromatic carbocycles. The van der Waals surface area contributed by atoms with E-state index in [9.17, 15) is 28.7 Å². The number of hydrogen-bond acceptors (Lipinski definition) is 10. The largest absolute Gasteiger partial charge is 1.00 e. The molecule has 0 saturated carbocycles. The van der Waals surface area contributed by atoms with Crippen molar-refractivity contribution in [2.45, 2.75) is 0 Å². The molecule has 0 radical (unpaired) electrons. The van der Waals surface area contributed by atoms with E-state index in [2.05, 4.69) is 51.4 Å². The summed E-state index contributed by atoms with van der Waals surface area (Å²) in [5.74, 6) is -0.628. The van der Waals surface area contributed by atoms with Crippen LogP contribution in [0.1, 0.15) is 12.6 Å². The van der Waals surface area contributed by atoms with Gasteiger partial charge in [0, 0.05) is 20.1 Å². The minimum absolute atomic E-state index is 0. The maximum Gasteiger partial charge on any atom is 1.00 e. The predicted molar refractivity (Wildman–Crippen MR) is 111 cm³/mol. The molecule has 0 unspecified atom stereocenters. The van der Waals surface area contributed by atoms with E-state index in [-0.39, 0.29) is 153 Å². The zero-order chi connectivity index (χ0) is 22.7. The molecule has 0 spiro atoms. The number of nitrogens with one attached hydrogen (secondary N) is 1. The normalized spacial score (nSPS) is 10.2. The van der Waals surface area contributed by atoms with Crippen LogP contribution in [-0.2, 0) is 9.13 Å². The Hall–Kier alpha value is 2.66. The van der Waals surface area contributed by atoms with Crippen molar-refractivity contribution in [3.8, 4) is 11.5 Å². The Morgan fingerprint density at radius 1 is 0.853 bits per heavy atom. The molecule has 0 heterocycles. The van der Waals surface area contributed by atoms with E-state index in [0.717, 1.165) is 0 Å². The summed E-state index contributed by atoms with van der Waals surface area (Å²) in [6, 6.07) is 7.79. The Morgan fingerprint density at radius 2 is 1.21 bits per heavy atom. The number of nitrogens with zero attached hydrogens (tertiary/aromatic N) is 1. The molecule has 0 bridgehead atoms. The Bertz CT molecular complexity index is 1050. The molecule has 34 heavy (non-hydrogen) atoms. The van der Waals surface area contributed by atoms with Gasteiger partial charge in [0.05, 0.1) is 5.71 Å². The first-order chi connectivity index (χ1) is 13.7. The minimum Gasteiger partial charge on any atom is -1.00 e. The summed E-state index contributed by atoms with van der Waals surface area (Å²) in [5.41, 5.74) is 8.19. The van der Waals surface area contributed by atoms with E-state index in [1.165, 1.54) is 36.4 Å². The monoisotopic (exact) mass is 692 g/mol. The second-order valence-electron chi connectivity index (χ2n) is 5.36. The van der Waals surface area contributed by atoms with Crippen LogP contribution in [0.2, 0.25) is 0 Å². The molecule has 2 aromatic rings. The molecule has 0 aliphatic carbocycles. The quantitative estimate of drug-likeness (QED) is 0.0919. The average Bonchev–Trinajstić information content (AvgIpc) is 2.50. The van der Waals surface area contributed by atoms with Crippen LogP contribution in [0.4, 0.5) is 0 Å². The average molecular weight is 694 g/mol. The number of halogens is 2. The number of hydrazone groups is 1. The molecule has 164 valence electrons. The molecule has 3 N–H and O–H groups in total. The summed E-state index contributed by atoms with van der Waals surface area (Å²) in [6.07, 6.45) is 0. The van der Waals surface area contributed by atoms with Crippen LogP contribution in [0.25, 0.3) is 0 Å². The fraction of sp³-hybridized carbons (Fsp3) is 0. The minimum atomic E-state index is -5.34. The van der Waals surface area contributed by atoms with Crippen LogP contribution in [0, 0.1) is 0 Å². The standard InChI is InChI=1S/C14H13Br2N3O8P2S.4Na.H/c15-9-1-7(3-11(5-9)26-28(20,21)22)13(18-19-14(17)30)8-2-10(16)6-12(4-8)27-29(23,24)25;;;;;/h1-6H,(H3,17,19,30)(H2,20,21,22)(H2,23,24,25);;;;;/q;4*+1;-1/p-4. The van der Waals surface area contributed by atoms with Crippen molar-refractivity contribution in [2.75, 3.05) is 0 Å². The zero-order valence-electron chi connectivity index (χ0n) is 19.3. The van der Waals surface area contributed by atoms with Gasteiger partial charge in [-0.1, -0.05) is 31.9 Å². The van der Waals surface area contributed by atoms with Gasteiger partial charge in [0.25, 0.3) is 0 Å². The molecular formula is C14H10Br2N3Na4O8P2S-. The van der Waals surface area contributed by atoms with Gasteiger partial charge in [0.15, 0.2) is 5.11 Å². The van der Waals surface area contributed by atoms with Crippen LogP contribution in [0.5, 0.6) is 11.5 Å². The summed E-state index contributed by atoms with van der Waals surface area (Å²) < 4.78 is 31.3. The summed E-state index contributed by atoms with van der Waals surface area (Å²) in [7, 11) is -10.7. The van der Waals surface area contributed by atoms with Crippen molar-refractivity contribution in [3.63, 3.8) is 0 Å². The number of nitrogens with two attached hydrogens (primary N) is 1. The Morgan fingerprint density at radius 3 is 1.50 bits per heavy atom. The predicted octanol–water partition coefficient (Wildman–Crippen LogP) is -11.7. The summed E-state index contributed by atoms with van der Waals surface area (Å²) in [6.45, 7) is 0. The zero-order valence-corrected chi connectivity index (χ0v) is 32.1. The number of phosphoric acid groups is 2. The smallest absolute Gasteiger partial charge is 1.00 e. The molecule has 11 nitrogen and oxygen atoms in total. The Kier molecular flexibility index (Phi) is 21.9. The van der Waals surface area contributed by atoms with E-state index in [4.69, 9.17) is 18.0 Å². The second-order valence-corrected chi connectivity index (χ2v) is 9.79. The SMILES string of the molecule is NC(=S)NN=C(c1cc(Br)cc(OP(=O)([O-])[O-])c1)c1cc(Br)cc(OP(=O)([O-])[O-])c1.[H-].[Na+].[Na+].[Na+].[Na+]. The maximum atomic E-state index is 11.0. The topological polar surface area (TPSA) is 195 Å². The van der Waals surface area contributed by atoms with Gasteiger partial charge >= 0.3 is 118 Å². The van der Waals surface area contributed by atoms with E-state index in [0.29, 0.717) is 8.95 Å². The van der Waals surface area contributed by atoms with Gasteiger partial charge in [-0.15, -0.1) is 0 Å². The maximum absolute atomic E-state index is 11.0. The van der Waals surface area contributed by atoms with Crippen molar-refractivity contribution in [2.24, 2.45) is 10.8 Å². The number of hydrogen-bond donors (Lipinski definition) is 2. The van der Waals surface area contributed by atoms with Gasteiger partial charge < -0.3 is 44.9 Å². The first kappa shape index (κ1) is 41.1. The molecule has 0 aliphatic heterocycles. The second kappa shape index (κ2) is 18.1. The molecule has 0 amide bonds. The number of phosphoric ester groups is 2. The molecule has 0 fully saturated rings. The van der Waals surface area contributed by atoms with Crippen LogP contribution in [0.15, 0.2) is 50.4 Å². The van der Waals surface area contributed by atoms with Crippen LogP contribution in [-0.4, -0.2) is 10.8 Å². The first-order valence-electron chi connectivity index (χ1n) is 7.40. The third-order valence-electron chi connectivity index (χ3n) is 3.00. The fourth-order valence-electron chi connectivity index (χ4n) is 2.17. The van der Waals surface area contributed by atoms with Crippen LogP contribution in [0.3, 0.4) is 0 Å².